The lowest BCUT2D eigenvalue weighted by molar-refractivity contribution is -0.120. The number of methoxy groups -OCH3 is 2. The number of hydrogen-bond donors (Lipinski definition) is 2. The first-order valence-electron chi connectivity index (χ1n) is 10.8. The van der Waals surface area contributed by atoms with Crippen molar-refractivity contribution in [1.82, 2.24) is 20.2 Å². The monoisotopic (exact) mass is 412 g/mol. The second kappa shape index (κ2) is 8.68. The van der Waals surface area contributed by atoms with Crippen LogP contribution in [0.5, 0.6) is 11.5 Å². The number of carbonyl (C=O) groups excluding carboxylic acids is 1. The molecule has 1 aromatic heterocycles. The summed E-state index contributed by atoms with van der Waals surface area (Å²) in [5.74, 6) is 2.91. The SMILES string of the molecule is CCn1ccnc1CN[C@H]1CC[C@]2(CCC(=O)N2)[C@@H](c2ccc(OC)c(OC)c2)C1. The molecule has 1 saturated heterocycles. The molecule has 4 rings (SSSR count). The molecule has 2 aromatic rings. The number of nitrogens with one attached hydrogen (secondary N) is 2. The van der Waals surface area contributed by atoms with Crippen LogP contribution in [0.1, 0.15) is 56.3 Å². The normalized spacial score (nSPS) is 26.0. The van der Waals surface area contributed by atoms with Gasteiger partial charge in [0.15, 0.2) is 11.5 Å². The molecule has 2 fully saturated rings. The second-order valence-corrected chi connectivity index (χ2v) is 8.35. The fourth-order valence-corrected chi connectivity index (χ4v) is 5.16. The molecule has 7 heteroatoms. The molecule has 2 aliphatic rings. The first kappa shape index (κ1) is 20.7. The summed E-state index contributed by atoms with van der Waals surface area (Å²) < 4.78 is 13.1. The van der Waals surface area contributed by atoms with E-state index in [1.54, 1.807) is 14.2 Å². The lowest BCUT2D eigenvalue weighted by Crippen LogP contribution is -2.53. The molecule has 2 N–H and O–H groups in total. The van der Waals surface area contributed by atoms with E-state index in [1.807, 2.05) is 18.5 Å². The van der Waals surface area contributed by atoms with Crippen LogP contribution in [0.4, 0.5) is 0 Å². The summed E-state index contributed by atoms with van der Waals surface area (Å²) in [5.41, 5.74) is 1.02. The van der Waals surface area contributed by atoms with Gasteiger partial charge in [-0.05, 0) is 50.3 Å². The average molecular weight is 413 g/mol. The highest BCUT2D eigenvalue weighted by molar-refractivity contribution is 5.79. The predicted octanol–water partition coefficient (Wildman–Crippen LogP) is 2.99. The lowest BCUT2D eigenvalue weighted by atomic mass is 9.67. The van der Waals surface area contributed by atoms with Crippen LogP contribution >= 0.6 is 0 Å². The molecule has 0 bridgehead atoms. The van der Waals surface area contributed by atoms with Crippen LogP contribution < -0.4 is 20.1 Å². The maximum atomic E-state index is 12.2. The van der Waals surface area contributed by atoms with Gasteiger partial charge in [0.1, 0.15) is 5.82 Å². The number of nitrogens with zero attached hydrogens (tertiary/aromatic N) is 2. The van der Waals surface area contributed by atoms with E-state index in [-0.39, 0.29) is 17.4 Å². The Bertz CT molecular complexity index is 896. The van der Waals surface area contributed by atoms with Crippen LogP contribution in [-0.2, 0) is 17.9 Å². The minimum Gasteiger partial charge on any atom is -0.493 e. The van der Waals surface area contributed by atoms with Crippen molar-refractivity contribution >= 4 is 5.91 Å². The van der Waals surface area contributed by atoms with Crippen LogP contribution in [0, 0.1) is 0 Å². The van der Waals surface area contributed by atoms with E-state index in [2.05, 4.69) is 39.2 Å². The van der Waals surface area contributed by atoms with E-state index in [4.69, 9.17) is 9.47 Å². The predicted molar refractivity (Wildman–Crippen MR) is 115 cm³/mol. The Morgan fingerprint density at radius 3 is 2.80 bits per heavy atom. The van der Waals surface area contributed by atoms with Crippen molar-refractivity contribution in [3.05, 3.63) is 42.0 Å². The van der Waals surface area contributed by atoms with E-state index >= 15 is 0 Å². The van der Waals surface area contributed by atoms with Gasteiger partial charge in [0.05, 0.1) is 20.8 Å². The molecule has 1 aliphatic carbocycles. The van der Waals surface area contributed by atoms with Crippen LogP contribution in [0.2, 0.25) is 0 Å². The molecule has 3 atom stereocenters. The molecule has 0 radical (unpaired) electrons. The molecule has 162 valence electrons. The van der Waals surface area contributed by atoms with Crippen LogP contribution in [0.3, 0.4) is 0 Å². The standard InChI is InChI=1S/C23H32N4O3/c1-4-27-12-11-24-21(27)15-25-17-7-9-23(10-8-22(28)26-23)18(14-17)16-5-6-19(29-2)20(13-16)30-3/h5-6,11-13,17-18,25H,4,7-10,14-15H2,1-3H3,(H,26,28)/t17-,18+,23-/m0/s1. The third-order valence-electron chi connectivity index (χ3n) is 6.81. The Labute approximate surface area is 178 Å². The van der Waals surface area contributed by atoms with Gasteiger partial charge < -0.3 is 24.7 Å². The molecule has 1 aliphatic heterocycles. The number of aryl methyl sites for hydroxylation is 1. The summed E-state index contributed by atoms with van der Waals surface area (Å²) in [6, 6.07) is 6.52. The summed E-state index contributed by atoms with van der Waals surface area (Å²) in [5, 5.41) is 7.05. The summed E-state index contributed by atoms with van der Waals surface area (Å²) >= 11 is 0. The van der Waals surface area contributed by atoms with Crippen molar-refractivity contribution in [3.8, 4) is 11.5 Å². The molecule has 1 spiro atoms. The zero-order valence-electron chi connectivity index (χ0n) is 18.1. The van der Waals surface area contributed by atoms with Crippen LogP contribution in [0.25, 0.3) is 0 Å². The first-order valence-corrected chi connectivity index (χ1v) is 10.8. The third kappa shape index (κ3) is 3.90. The highest BCUT2D eigenvalue weighted by Crippen LogP contribution is 2.47. The Kier molecular flexibility index (Phi) is 5.99. The Morgan fingerprint density at radius 2 is 2.10 bits per heavy atom. The number of benzene rings is 1. The molecule has 1 amide bonds. The van der Waals surface area contributed by atoms with Crippen molar-refractivity contribution < 1.29 is 14.3 Å². The first-order chi connectivity index (χ1) is 14.6. The quantitative estimate of drug-likeness (QED) is 0.731. The largest absolute Gasteiger partial charge is 0.493 e. The van der Waals surface area contributed by atoms with Crippen molar-refractivity contribution in [2.24, 2.45) is 0 Å². The summed E-state index contributed by atoms with van der Waals surface area (Å²) in [6.45, 7) is 3.81. The number of ether oxygens (including phenoxy) is 2. The molecule has 2 heterocycles. The van der Waals surface area contributed by atoms with E-state index in [9.17, 15) is 4.79 Å². The second-order valence-electron chi connectivity index (χ2n) is 8.35. The van der Waals surface area contributed by atoms with Crippen molar-refractivity contribution in [1.29, 1.82) is 0 Å². The number of amides is 1. The fraction of sp³-hybridized carbons (Fsp3) is 0.565. The minimum absolute atomic E-state index is 0.164. The Morgan fingerprint density at radius 1 is 1.27 bits per heavy atom. The molecule has 1 saturated carbocycles. The van der Waals surface area contributed by atoms with Gasteiger partial charge in [-0.25, -0.2) is 4.98 Å². The Balaban J connectivity index is 1.56. The van der Waals surface area contributed by atoms with Crippen LogP contribution in [0.15, 0.2) is 30.6 Å². The number of rotatable bonds is 7. The zero-order valence-corrected chi connectivity index (χ0v) is 18.1. The molecular formula is C23H32N4O3. The maximum Gasteiger partial charge on any atom is 0.220 e. The minimum atomic E-state index is -0.170. The Hall–Kier alpha value is -2.54. The van der Waals surface area contributed by atoms with Crippen molar-refractivity contribution in [3.63, 3.8) is 0 Å². The van der Waals surface area contributed by atoms with E-state index in [1.165, 1.54) is 5.56 Å². The lowest BCUT2D eigenvalue weighted by Gasteiger charge is -2.45. The summed E-state index contributed by atoms with van der Waals surface area (Å²) in [7, 11) is 3.31. The number of hydrogen-bond acceptors (Lipinski definition) is 5. The number of carbonyl (C=O) groups is 1. The summed E-state index contributed by atoms with van der Waals surface area (Å²) in [6.07, 6.45) is 8.34. The van der Waals surface area contributed by atoms with E-state index in [0.717, 1.165) is 56.1 Å². The van der Waals surface area contributed by atoms with Gasteiger partial charge >= 0.3 is 0 Å². The molecular weight excluding hydrogens is 380 g/mol. The topological polar surface area (TPSA) is 77.4 Å². The van der Waals surface area contributed by atoms with Gasteiger partial charge in [0.25, 0.3) is 0 Å². The smallest absolute Gasteiger partial charge is 0.220 e. The summed E-state index contributed by atoms with van der Waals surface area (Å²) in [4.78, 5) is 16.7. The fourth-order valence-electron chi connectivity index (χ4n) is 5.16. The zero-order chi connectivity index (χ0) is 21.1. The van der Waals surface area contributed by atoms with Gasteiger partial charge in [-0.2, -0.15) is 0 Å². The van der Waals surface area contributed by atoms with E-state index in [0.29, 0.717) is 12.5 Å². The highest BCUT2D eigenvalue weighted by atomic mass is 16.5. The molecule has 1 aromatic carbocycles. The maximum absolute atomic E-state index is 12.2. The average Bonchev–Trinajstić information content (AvgIpc) is 3.39. The van der Waals surface area contributed by atoms with Gasteiger partial charge in [-0.15, -0.1) is 0 Å². The number of aromatic nitrogens is 2. The molecule has 7 nitrogen and oxygen atoms in total. The third-order valence-corrected chi connectivity index (χ3v) is 6.81. The number of imidazole rings is 1. The van der Waals surface area contributed by atoms with Gasteiger partial charge in [-0.1, -0.05) is 6.07 Å². The van der Waals surface area contributed by atoms with Gasteiger partial charge in [0.2, 0.25) is 5.91 Å². The molecule has 0 unspecified atom stereocenters. The van der Waals surface area contributed by atoms with Gasteiger partial charge in [0, 0.05) is 42.9 Å². The molecule has 30 heavy (non-hydrogen) atoms. The van der Waals surface area contributed by atoms with Gasteiger partial charge in [-0.3, -0.25) is 4.79 Å². The van der Waals surface area contributed by atoms with E-state index < -0.39 is 0 Å². The van der Waals surface area contributed by atoms with Crippen molar-refractivity contribution in [2.45, 2.75) is 69.6 Å². The van der Waals surface area contributed by atoms with Crippen molar-refractivity contribution in [2.75, 3.05) is 14.2 Å². The van der Waals surface area contributed by atoms with Crippen LogP contribution in [-0.4, -0.2) is 41.3 Å². The highest BCUT2D eigenvalue weighted by Gasteiger charge is 2.48.